The Morgan fingerprint density at radius 2 is 1.05 bits per heavy atom. The zero-order valence-electron chi connectivity index (χ0n) is 30.6. The van der Waals surface area contributed by atoms with Gasteiger partial charge in [0, 0.05) is 48.0 Å². The standard InChI is InChI=1S/C50H34N4S2/c1-3-16-40-41(4-2)54(45-44(40)38-23-11-12-24-39(38)46-47(45)56-43-26-14-13-25-42(43)55-46)37-29-27-32(28-30-37)35-21-15-22-36(31-35)50-52-48(33-17-7-5-8-18-33)51-49(53-50)34-19-9-6-10-20-34/h3-31H,2H2,1H3/b16-3-. The largest absolute Gasteiger partial charge is 0.308 e. The molecular formula is C50H34N4S2. The maximum Gasteiger partial charge on any atom is 0.164 e. The van der Waals surface area contributed by atoms with E-state index in [-0.39, 0.29) is 0 Å². The minimum Gasteiger partial charge on any atom is -0.308 e. The Labute approximate surface area is 334 Å². The first kappa shape index (κ1) is 34.1. The maximum absolute atomic E-state index is 4.98. The number of aromatic nitrogens is 4. The number of nitrogens with zero attached hydrogens (tertiary/aromatic N) is 4. The maximum atomic E-state index is 4.98. The second kappa shape index (κ2) is 14.3. The predicted molar refractivity (Wildman–Crippen MR) is 235 cm³/mol. The topological polar surface area (TPSA) is 43.6 Å². The molecular weight excluding hydrogens is 721 g/mol. The second-order valence-electron chi connectivity index (χ2n) is 13.6. The third-order valence-electron chi connectivity index (χ3n) is 10.2. The molecule has 0 spiro atoms. The summed E-state index contributed by atoms with van der Waals surface area (Å²) in [7, 11) is 0. The van der Waals surface area contributed by atoms with Gasteiger partial charge in [-0.3, -0.25) is 0 Å². The van der Waals surface area contributed by atoms with Crippen LogP contribution in [0.5, 0.6) is 0 Å². The molecule has 6 heteroatoms. The van der Waals surface area contributed by atoms with Crippen LogP contribution >= 0.6 is 23.5 Å². The number of rotatable bonds is 7. The normalized spacial score (nSPS) is 12.2. The number of fused-ring (bicyclic) bond motifs is 7. The molecule has 0 amide bonds. The van der Waals surface area contributed by atoms with Gasteiger partial charge >= 0.3 is 0 Å². The minimum absolute atomic E-state index is 0.635. The lowest BCUT2D eigenvalue weighted by Gasteiger charge is -2.23. The van der Waals surface area contributed by atoms with Crippen LogP contribution in [0.15, 0.2) is 190 Å². The predicted octanol–water partition coefficient (Wildman–Crippen LogP) is 13.9. The lowest BCUT2D eigenvalue weighted by atomic mass is 10.0. The summed E-state index contributed by atoms with van der Waals surface area (Å²) in [6.07, 6.45) is 6.37. The molecule has 1 aliphatic heterocycles. The van der Waals surface area contributed by atoms with Gasteiger partial charge in [-0.05, 0) is 65.2 Å². The molecule has 10 rings (SSSR count). The van der Waals surface area contributed by atoms with Crippen LogP contribution in [0.3, 0.4) is 0 Å². The lowest BCUT2D eigenvalue weighted by Crippen LogP contribution is -2.00. The van der Waals surface area contributed by atoms with E-state index in [0.29, 0.717) is 17.5 Å². The van der Waals surface area contributed by atoms with E-state index in [4.69, 9.17) is 15.0 Å². The van der Waals surface area contributed by atoms with Crippen LogP contribution < -0.4 is 0 Å². The van der Waals surface area contributed by atoms with E-state index in [9.17, 15) is 0 Å². The van der Waals surface area contributed by atoms with E-state index in [2.05, 4.69) is 127 Å². The van der Waals surface area contributed by atoms with Crippen LogP contribution in [-0.2, 0) is 0 Å². The average molecular weight is 755 g/mol. The van der Waals surface area contributed by atoms with Crippen molar-refractivity contribution in [3.8, 4) is 51.0 Å². The van der Waals surface area contributed by atoms with Crippen molar-refractivity contribution in [2.45, 2.75) is 26.5 Å². The Balaban J connectivity index is 1.10. The van der Waals surface area contributed by atoms with Crippen molar-refractivity contribution in [2.75, 3.05) is 0 Å². The molecule has 0 radical (unpaired) electrons. The van der Waals surface area contributed by atoms with Gasteiger partial charge in [-0.15, -0.1) is 0 Å². The highest BCUT2D eigenvalue weighted by molar-refractivity contribution is 8.05. The number of hydrogen-bond acceptors (Lipinski definition) is 5. The van der Waals surface area contributed by atoms with Crippen molar-refractivity contribution in [3.05, 3.63) is 182 Å². The van der Waals surface area contributed by atoms with Gasteiger partial charge in [0.25, 0.3) is 0 Å². The molecule has 266 valence electrons. The molecule has 56 heavy (non-hydrogen) atoms. The molecule has 7 aromatic carbocycles. The summed E-state index contributed by atoms with van der Waals surface area (Å²) in [6, 6.07) is 55.1. The van der Waals surface area contributed by atoms with Crippen molar-refractivity contribution in [2.24, 2.45) is 0 Å². The van der Waals surface area contributed by atoms with Crippen LogP contribution in [0.4, 0.5) is 0 Å². The minimum atomic E-state index is 0.635. The molecule has 1 aliphatic rings. The van der Waals surface area contributed by atoms with Crippen LogP contribution in [0.2, 0.25) is 0 Å². The summed E-state index contributed by atoms with van der Waals surface area (Å²) >= 11 is 3.74. The number of benzene rings is 7. The van der Waals surface area contributed by atoms with Crippen LogP contribution in [0.25, 0.3) is 84.8 Å². The molecule has 0 atom stereocenters. The van der Waals surface area contributed by atoms with E-state index >= 15 is 0 Å². The van der Waals surface area contributed by atoms with Gasteiger partial charge in [-0.2, -0.15) is 0 Å². The van der Waals surface area contributed by atoms with Crippen LogP contribution in [-0.4, -0.2) is 19.5 Å². The molecule has 2 aromatic heterocycles. The molecule has 0 N–H and O–H groups in total. The Morgan fingerprint density at radius 1 is 0.518 bits per heavy atom. The monoisotopic (exact) mass is 754 g/mol. The van der Waals surface area contributed by atoms with Gasteiger partial charge in [-0.25, -0.2) is 15.0 Å². The molecule has 0 aliphatic carbocycles. The SMILES string of the molecule is C=Cc1c(/C=C\C)c2c3ccccc3c3c(c2n1-c1ccc(-c2cccc(-c4nc(-c5ccccc5)nc(-c5ccccc5)n4)c2)cc1)Sc1ccccc1S3. The third kappa shape index (κ3) is 5.86. The summed E-state index contributed by atoms with van der Waals surface area (Å²) < 4.78 is 2.41. The Kier molecular flexibility index (Phi) is 8.70. The van der Waals surface area contributed by atoms with Crippen molar-refractivity contribution in [3.63, 3.8) is 0 Å². The van der Waals surface area contributed by atoms with Gasteiger partial charge in [0.1, 0.15) is 0 Å². The number of hydrogen-bond donors (Lipinski definition) is 0. The zero-order valence-corrected chi connectivity index (χ0v) is 32.2. The first-order valence-electron chi connectivity index (χ1n) is 18.6. The van der Waals surface area contributed by atoms with Gasteiger partial charge in [-0.1, -0.05) is 170 Å². The Bertz CT molecular complexity index is 2930. The molecule has 3 heterocycles. The molecule has 4 nitrogen and oxygen atoms in total. The Hall–Kier alpha value is -6.47. The quantitative estimate of drug-likeness (QED) is 0.162. The summed E-state index contributed by atoms with van der Waals surface area (Å²) in [5.74, 6) is 1.93. The van der Waals surface area contributed by atoms with Crippen LogP contribution in [0.1, 0.15) is 18.2 Å². The lowest BCUT2D eigenvalue weighted by molar-refractivity contribution is 1.07. The van der Waals surface area contributed by atoms with E-state index in [1.807, 2.05) is 90.3 Å². The van der Waals surface area contributed by atoms with Gasteiger partial charge < -0.3 is 4.57 Å². The van der Waals surface area contributed by atoms with Crippen LogP contribution in [0, 0.1) is 0 Å². The molecule has 0 bridgehead atoms. The fraction of sp³-hybridized carbons (Fsp3) is 0.0200. The molecule has 0 unspecified atom stereocenters. The van der Waals surface area contributed by atoms with Crippen molar-refractivity contribution < 1.29 is 0 Å². The third-order valence-corrected chi connectivity index (χ3v) is 12.8. The summed E-state index contributed by atoms with van der Waals surface area (Å²) in [5, 5.41) is 3.78. The fourth-order valence-electron chi connectivity index (χ4n) is 7.64. The van der Waals surface area contributed by atoms with Gasteiger partial charge in [0.15, 0.2) is 17.5 Å². The summed E-state index contributed by atoms with van der Waals surface area (Å²) in [6.45, 7) is 6.44. The van der Waals surface area contributed by atoms with Gasteiger partial charge in [0.05, 0.1) is 16.1 Å². The highest BCUT2D eigenvalue weighted by Crippen LogP contribution is 2.55. The zero-order chi connectivity index (χ0) is 37.6. The fourth-order valence-corrected chi connectivity index (χ4v) is 10.2. The average Bonchev–Trinajstić information content (AvgIpc) is 3.60. The van der Waals surface area contributed by atoms with Gasteiger partial charge in [0.2, 0.25) is 0 Å². The molecule has 0 fully saturated rings. The molecule has 9 aromatic rings. The number of allylic oxidation sites excluding steroid dienone is 1. The first-order chi connectivity index (χ1) is 27.7. The van der Waals surface area contributed by atoms with E-state index in [1.165, 1.54) is 46.8 Å². The Morgan fingerprint density at radius 3 is 1.68 bits per heavy atom. The first-order valence-corrected chi connectivity index (χ1v) is 20.2. The molecule has 0 saturated heterocycles. The summed E-state index contributed by atoms with van der Waals surface area (Å²) in [4.78, 5) is 20.0. The highest BCUT2D eigenvalue weighted by Gasteiger charge is 2.28. The van der Waals surface area contributed by atoms with E-state index < -0.39 is 0 Å². The van der Waals surface area contributed by atoms with E-state index in [1.54, 1.807) is 0 Å². The van der Waals surface area contributed by atoms with E-state index in [0.717, 1.165) is 39.2 Å². The van der Waals surface area contributed by atoms with Crippen molar-refractivity contribution in [1.29, 1.82) is 0 Å². The second-order valence-corrected chi connectivity index (χ2v) is 15.7. The molecule has 0 saturated carbocycles. The highest BCUT2D eigenvalue weighted by atomic mass is 32.2. The smallest absolute Gasteiger partial charge is 0.164 e. The van der Waals surface area contributed by atoms with Crippen molar-refractivity contribution >= 4 is 57.4 Å². The summed E-state index contributed by atoms with van der Waals surface area (Å²) in [5.41, 5.74) is 9.57. The van der Waals surface area contributed by atoms with Crippen molar-refractivity contribution in [1.82, 2.24) is 19.5 Å².